The number of nitrogens with one attached hydrogen (secondary N) is 1. The van der Waals surface area contributed by atoms with Gasteiger partial charge in [0, 0.05) is 5.02 Å². The highest BCUT2D eigenvalue weighted by molar-refractivity contribution is 6.31. The molecule has 1 aromatic carbocycles. The Morgan fingerprint density at radius 1 is 1.11 bits per heavy atom. The molecule has 1 heterocycles. The molecule has 1 aromatic heterocycles. The number of aromatic nitrogens is 2. The molecule has 3 nitrogen and oxygen atoms in total. The molecule has 0 saturated heterocycles. The van der Waals surface area contributed by atoms with Gasteiger partial charge in [0.2, 0.25) is 0 Å². The molecule has 1 unspecified atom stereocenters. The third kappa shape index (κ3) is 3.37. The lowest BCUT2D eigenvalue weighted by Crippen LogP contribution is -2.10. The highest BCUT2D eigenvalue weighted by atomic mass is 35.5. The van der Waals surface area contributed by atoms with E-state index in [9.17, 15) is 0 Å². The normalized spacial score (nSPS) is 12.3. The zero-order chi connectivity index (χ0) is 14.0. The van der Waals surface area contributed by atoms with E-state index in [1.54, 1.807) is 0 Å². The van der Waals surface area contributed by atoms with Gasteiger partial charge in [0.15, 0.2) is 11.0 Å². The molecule has 0 fully saturated rings. The number of aryl methyl sites for hydroxylation is 2. The number of anilines is 1. The van der Waals surface area contributed by atoms with Crippen molar-refractivity contribution in [3.63, 3.8) is 0 Å². The molecule has 0 amide bonds. The van der Waals surface area contributed by atoms with Gasteiger partial charge in [-0.1, -0.05) is 35.3 Å². The number of hydrogen-bond acceptors (Lipinski definition) is 3. The Hall–Kier alpha value is -1.32. The average molecular weight is 296 g/mol. The molecule has 1 atom stereocenters. The summed E-state index contributed by atoms with van der Waals surface area (Å²) in [4.78, 5) is 8.67. The van der Waals surface area contributed by atoms with Crippen molar-refractivity contribution in [2.24, 2.45) is 0 Å². The van der Waals surface area contributed by atoms with Crippen molar-refractivity contribution in [1.82, 2.24) is 9.97 Å². The van der Waals surface area contributed by atoms with Crippen LogP contribution < -0.4 is 5.32 Å². The van der Waals surface area contributed by atoms with Gasteiger partial charge in [0.1, 0.15) is 0 Å². The summed E-state index contributed by atoms with van der Waals surface area (Å²) in [7, 11) is 0. The monoisotopic (exact) mass is 295 g/mol. The molecule has 100 valence electrons. The fraction of sp³-hybridized carbons (Fsp3) is 0.286. The van der Waals surface area contributed by atoms with Gasteiger partial charge in [-0.25, -0.2) is 9.97 Å². The van der Waals surface area contributed by atoms with Gasteiger partial charge in [-0.05, 0) is 38.5 Å². The van der Waals surface area contributed by atoms with Gasteiger partial charge in [0.25, 0.3) is 0 Å². The summed E-state index contributed by atoms with van der Waals surface area (Å²) in [6, 6.07) is 7.74. The van der Waals surface area contributed by atoms with E-state index in [2.05, 4.69) is 15.3 Å². The van der Waals surface area contributed by atoms with Crippen LogP contribution in [-0.4, -0.2) is 9.97 Å². The first-order chi connectivity index (χ1) is 8.97. The molecule has 0 aliphatic rings. The molecule has 5 heteroatoms. The van der Waals surface area contributed by atoms with E-state index in [0.717, 1.165) is 17.0 Å². The average Bonchev–Trinajstić information content (AvgIpc) is 2.36. The highest BCUT2D eigenvalue weighted by Crippen LogP contribution is 2.25. The minimum Gasteiger partial charge on any atom is -0.361 e. The van der Waals surface area contributed by atoms with Gasteiger partial charge < -0.3 is 5.32 Å². The molecule has 0 bridgehead atoms. The first-order valence-electron chi connectivity index (χ1n) is 6.00. The number of hydrogen-bond donors (Lipinski definition) is 1. The summed E-state index contributed by atoms with van der Waals surface area (Å²) in [6.07, 6.45) is 0. The summed E-state index contributed by atoms with van der Waals surface area (Å²) >= 11 is 12.1. The van der Waals surface area contributed by atoms with Crippen LogP contribution in [0.3, 0.4) is 0 Å². The van der Waals surface area contributed by atoms with Crippen LogP contribution >= 0.6 is 23.2 Å². The summed E-state index contributed by atoms with van der Waals surface area (Å²) in [5.41, 5.74) is 2.78. The molecule has 0 aliphatic heterocycles. The molecule has 0 saturated carbocycles. The van der Waals surface area contributed by atoms with E-state index >= 15 is 0 Å². The lowest BCUT2D eigenvalue weighted by atomic mass is 10.1. The predicted molar refractivity (Wildman–Crippen MR) is 80.0 cm³/mol. The largest absolute Gasteiger partial charge is 0.361 e. The Balaban J connectivity index is 2.24. The Kier molecular flexibility index (Phi) is 4.27. The van der Waals surface area contributed by atoms with E-state index in [4.69, 9.17) is 23.2 Å². The van der Waals surface area contributed by atoms with E-state index < -0.39 is 0 Å². The molecule has 19 heavy (non-hydrogen) atoms. The molecule has 2 rings (SSSR count). The second kappa shape index (κ2) is 5.76. The smallest absolute Gasteiger partial charge is 0.171 e. The number of rotatable bonds is 3. The van der Waals surface area contributed by atoms with Gasteiger partial charge in [-0.3, -0.25) is 0 Å². The molecular weight excluding hydrogens is 281 g/mol. The van der Waals surface area contributed by atoms with E-state index in [1.165, 1.54) is 0 Å². The third-order valence-electron chi connectivity index (χ3n) is 2.97. The summed E-state index contributed by atoms with van der Waals surface area (Å²) < 4.78 is 0. The lowest BCUT2D eigenvalue weighted by Gasteiger charge is -2.16. The highest BCUT2D eigenvalue weighted by Gasteiger charge is 2.11. The first kappa shape index (κ1) is 14.1. The van der Waals surface area contributed by atoms with E-state index in [1.807, 2.05) is 45.0 Å². The van der Waals surface area contributed by atoms with Crippen molar-refractivity contribution in [3.8, 4) is 0 Å². The van der Waals surface area contributed by atoms with Gasteiger partial charge >= 0.3 is 0 Å². The van der Waals surface area contributed by atoms with Crippen LogP contribution in [0.2, 0.25) is 10.2 Å². The van der Waals surface area contributed by atoms with Crippen molar-refractivity contribution in [2.75, 3.05) is 5.32 Å². The van der Waals surface area contributed by atoms with Gasteiger partial charge in [-0.15, -0.1) is 0 Å². The summed E-state index contributed by atoms with van der Waals surface area (Å²) in [6.45, 7) is 5.82. The van der Waals surface area contributed by atoms with Crippen LogP contribution in [0, 0.1) is 13.8 Å². The van der Waals surface area contributed by atoms with Crippen LogP contribution in [0.5, 0.6) is 0 Å². The molecule has 2 aromatic rings. The number of nitrogens with zero attached hydrogens (tertiary/aromatic N) is 2. The van der Waals surface area contributed by atoms with Gasteiger partial charge in [-0.2, -0.15) is 0 Å². The molecule has 0 spiro atoms. The van der Waals surface area contributed by atoms with Crippen LogP contribution in [0.4, 0.5) is 5.82 Å². The maximum Gasteiger partial charge on any atom is 0.171 e. The Labute approximate surface area is 123 Å². The molecule has 1 N–H and O–H groups in total. The maximum absolute atomic E-state index is 6.10. The third-order valence-corrected chi connectivity index (χ3v) is 3.46. The Morgan fingerprint density at radius 2 is 1.79 bits per heavy atom. The summed E-state index contributed by atoms with van der Waals surface area (Å²) in [5, 5.41) is 4.36. The van der Waals surface area contributed by atoms with E-state index in [-0.39, 0.29) is 6.04 Å². The Bertz CT molecular complexity index is 599. The minimum absolute atomic E-state index is 0.0487. The molecular formula is C14H15Cl2N3. The zero-order valence-corrected chi connectivity index (χ0v) is 12.5. The van der Waals surface area contributed by atoms with Crippen LogP contribution in [0.15, 0.2) is 24.3 Å². The SMILES string of the molecule is Cc1nc(Cl)c(NC(C)c2cccc(Cl)c2)nc1C. The Morgan fingerprint density at radius 3 is 2.47 bits per heavy atom. The lowest BCUT2D eigenvalue weighted by molar-refractivity contribution is 0.865. The maximum atomic E-state index is 6.10. The van der Waals surface area contributed by atoms with Crippen molar-refractivity contribution >= 4 is 29.0 Å². The second-order valence-corrected chi connectivity index (χ2v) is 5.25. The topological polar surface area (TPSA) is 37.8 Å². The predicted octanol–water partition coefficient (Wildman–Crippen LogP) is 4.57. The zero-order valence-electron chi connectivity index (χ0n) is 11.0. The first-order valence-corrected chi connectivity index (χ1v) is 6.75. The van der Waals surface area contributed by atoms with Crippen molar-refractivity contribution in [2.45, 2.75) is 26.8 Å². The van der Waals surface area contributed by atoms with Crippen molar-refractivity contribution < 1.29 is 0 Å². The molecule has 0 aliphatic carbocycles. The van der Waals surface area contributed by atoms with E-state index in [0.29, 0.717) is 16.0 Å². The second-order valence-electron chi connectivity index (χ2n) is 4.45. The fourth-order valence-electron chi connectivity index (χ4n) is 1.73. The number of benzene rings is 1. The fourth-order valence-corrected chi connectivity index (χ4v) is 2.15. The van der Waals surface area contributed by atoms with Crippen molar-refractivity contribution in [3.05, 3.63) is 51.4 Å². The number of halogens is 2. The standard InChI is InChI=1S/C14H15Cl2N3/c1-8-9(2)18-14(13(16)17-8)19-10(3)11-5-4-6-12(15)7-11/h4-7,10H,1-3H3,(H,18,19). The summed E-state index contributed by atoms with van der Waals surface area (Å²) in [5.74, 6) is 0.595. The van der Waals surface area contributed by atoms with Crippen LogP contribution in [0.25, 0.3) is 0 Å². The van der Waals surface area contributed by atoms with Crippen LogP contribution in [-0.2, 0) is 0 Å². The quantitative estimate of drug-likeness (QED) is 0.901. The minimum atomic E-state index is 0.0487. The van der Waals surface area contributed by atoms with Crippen molar-refractivity contribution in [1.29, 1.82) is 0 Å². The van der Waals surface area contributed by atoms with Gasteiger partial charge in [0.05, 0.1) is 17.4 Å². The molecule has 0 radical (unpaired) electrons. The van der Waals surface area contributed by atoms with Crippen LogP contribution in [0.1, 0.15) is 29.9 Å².